The van der Waals surface area contributed by atoms with Crippen LogP contribution in [0, 0.1) is 52.4 Å². The lowest BCUT2D eigenvalue weighted by molar-refractivity contribution is -0.251. The van der Waals surface area contributed by atoms with E-state index in [1.165, 1.54) is 0 Å². The standard InChI is InChI=1S/C28H11F15N4O3/c29-13-4-1-10(16(32)19(13)35)26(38,39)46-23-22(24(48)47(25(46)49)27(40,41)11-2-5-14(30)20(36)17(11)33)45(9-44-23)7-8-50-28(42,43)12-3-6-15(31)21(37)18(12)34/h1-6,9H,7-8H2. The summed E-state index contributed by atoms with van der Waals surface area (Å²) < 4.78 is 219. The van der Waals surface area contributed by atoms with Gasteiger partial charge in [0.1, 0.15) is 0 Å². The minimum Gasteiger partial charge on any atom is -0.322 e. The first-order valence-electron chi connectivity index (χ1n) is 13.1. The van der Waals surface area contributed by atoms with E-state index in [9.17, 15) is 57.9 Å². The van der Waals surface area contributed by atoms with E-state index >= 15 is 17.6 Å². The molecule has 0 aliphatic carbocycles. The number of halogens is 15. The number of ether oxygens (including phenoxy) is 1. The number of fused-ring (bicyclic) bond motifs is 1. The maximum Gasteiger partial charge on any atom is 0.386 e. The smallest absolute Gasteiger partial charge is 0.322 e. The number of benzene rings is 3. The van der Waals surface area contributed by atoms with Gasteiger partial charge in [-0.1, -0.05) is 0 Å². The fourth-order valence-corrected chi connectivity index (χ4v) is 4.67. The van der Waals surface area contributed by atoms with Gasteiger partial charge in [-0.2, -0.15) is 30.9 Å². The lowest BCUT2D eigenvalue weighted by Crippen LogP contribution is -2.52. The summed E-state index contributed by atoms with van der Waals surface area (Å²) in [4.78, 5) is 29.9. The van der Waals surface area contributed by atoms with Gasteiger partial charge in [-0.25, -0.2) is 53.9 Å². The average molecular weight is 736 g/mol. The number of hydrogen-bond donors (Lipinski definition) is 0. The van der Waals surface area contributed by atoms with Crippen molar-refractivity contribution in [3.8, 4) is 0 Å². The van der Waals surface area contributed by atoms with E-state index in [4.69, 9.17) is 0 Å². The van der Waals surface area contributed by atoms with Crippen LogP contribution in [0.3, 0.4) is 0 Å². The maximum absolute atomic E-state index is 15.9. The molecule has 3 aromatic carbocycles. The Hall–Kier alpha value is -5.28. The van der Waals surface area contributed by atoms with Gasteiger partial charge in [0, 0.05) is 6.54 Å². The highest BCUT2D eigenvalue weighted by Gasteiger charge is 2.48. The summed E-state index contributed by atoms with van der Waals surface area (Å²) in [6, 6.07) is -11.3. The van der Waals surface area contributed by atoms with Crippen LogP contribution in [0.4, 0.5) is 65.9 Å². The van der Waals surface area contributed by atoms with E-state index in [0.717, 1.165) is 0 Å². The molecule has 0 N–H and O–H groups in total. The van der Waals surface area contributed by atoms with Gasteiger partial charge in [-0.05, 0) is 36.4 Å². The Bertz CT molecular complexity index is 2300. The Labute approximate surface area is 265 Å². The van der Waals surface area contributed by atoms with Crippen LogP contribution in [0.5, 0.6) is 0 Å². The molecule has 5 rings (SSSR count). The third-order valence-corrected chi connectivity index (χ3v) is 7.06. The van der Waals surface area contributed by atoms with Crippen molar-refractivity contribution in [2.75, 3.05) is 6.61 Å². The first-order chi connectivity index (χ1) is 23.2. The van der Waals surface area contributed by atoms with Gasteiger partial charge in [0.2, 0.25) is 0 Å². The number of nitrogens with zero attached hydrogens (tertiary/aromatic N) is 4. The molecular weight excluding hydrogens is 725 g/mol. The molecule has 2 heterocycles. The fourth-order valence-electron chi connectivity index (χ4n) is 4.67. The third kappa shape index (κ3) is 5.55. The summed E-state index contributed by atoms with van der Waals surface area (Å²) in [5.74, 6) is -21.2. The van der Waals surface area contributed by atoms with E-state index < -0.39 is 132 Å². The molecule has 7 nitrogen and oxygen atoms in total. The summed E-state index contributed by atoms with van der Waals surface area (Å²) in [5, 5.41) is 0. The van der Waals surface area contributed by atoms with Crippen LogP contribution in [0.25, 0.3) is 11.2 Å². The molecular formula is C28H11F15N4O3. The van der Waals surface area contributed by atoms with Crippen LogP contribution in [0.2, 0.25) is 0 Å². The van der Waals surface area contributed by atoms with Gasteiger partial charge in [-0.15, -0.1) is 0 Å². The molecule has 0 saturated heterocycles. The van der Waals surface area contributed by atoms with E-state index in [1.54, 1.807) is 0 Å². The minimum atomic E-state index is -5.53. The van der Waals surface area contributed by atoms with Crippen molar-refractivity contribution in [2.45, 2.75) is 24.7 Å². The number of alkyl halides is 6. The number of imidazole rings is 1. The highest BCUT2D eigenvalue weighted by Crippen LogP contribution is 2.37. The van der Waals surface area contributed by atoms with Gasteiger partial charge in [-0.3, -0.25) is 4.79 Å². The minimum absolute atomic E-state index is 0.0723. The summed E-state index contributed by atoms with van der Waals surface area (Å²) in [6.45, 7) is -2.70. The predicted octanol–water partition coefficient (Wildman–Crippen LogP) is 6.57. The highest BCUT2D eigenvalue weighted by molar-refractivity contribution is 5.70. The summed E-state index contributed by atoms with van der Waals surface area (Å²) in [6.07, 6.45) is -4.52. The van der Waals surface area contributed by atoms with E-state index in [-0.39, 0.29) is 47.3 Å². The summed E-state index contributed by atoms with van der Waals surface area (Å²) in [5.41, 5.74) is -14.9. The molecule has 0 aliphatic heterocycles. The second-order valence-electron chi connectivity index (χ2n) is 9.99. The van der Waals surface area contributed by atoms with Gasteiger partial charge in [0.25, 0.3) is 5.56 Å². The molecule has 50 heavy (non-hydrogen) atoms. The van der Waals surface area contributed by atoms with Crippen LogP contribution in [0.1, 0.15) is 16.7 Å². The van der Waals surface area contributed by atoms with Crippen molar-refractivity contribution in [2.24, 2.45) is 0 Å². The fraction of sp³-hybridized carbons (Fsp3) is 0.179. The average Bonchev–Trinajstić information content (AvgIpc) is 3.44. The van der Waals surface area contributed by atoms with Gasteiger partial charge >= 0.3 is 23.9 Å². The van der Waals surface area contributed by atoms with Crippen LogP contribution in [0.15, 0.2) is 52.3 Å². The molecule has 0 atom stereocenters. The Morgan fingerprint density at radius 2 is 1.00 bits per heavy atom. The Balaban J connectivity index is 1.72. The molecule has 22 heteroatoms. The second kappa shape index (κ2) is 12.2. The van der Waals surface area contributed by atoms with Crippen LogP contribution in [-0.2, 0) is 29.5 Å². The van der Waals surface area contributed by atoms with Gasteiger partial charge in [0.05, 0.1) is 29.6 Å². The topological polar surface area (TPSA) is 71.1 Å². The van der Waals surface area contributed by atoms with E-state index in [1.807, 2.05) is 0 Å². The van der Waals surface area contributed by atoms with Crippen molar-refractivity contribution >= 4 is 11.2 Å². The molecule has 0 aliphatic rings. The second-order valence-corrected chi connectivity index (χ2v) is 9.99. The Morgan fingerprint density at radius 3 is 1.48 bits per heavy atom. The zero-order valence-corrected chi connectivity index (χ0v) is 23.6. The molecule has 266 valence electrons. The zero-order valence-electron chi connectivity index (χ0n) is 23.6. The van der Waals surface area contributed by atoms with E-state index in [2.05, 4.69) is 9.72 Å². The van der Waals surface area contributed by atoms with Crippen molar-refractivity contribution in [1.29, 1.82) is 0 Å². The van der Waals surface area contributed by atoms with Gasteiger partial charge in [0.15, 0.2) is 63.5 Å². The molecule has 0 amide bonds. The van der Waals surface area contributed by atoms with Crippen molar-refractivity contribution < 1.29 is 70.6 Å². The van der Waals surface area contributed by atoms with Crippen LogP contribution in [-0.4, -0.2) is 25.3 Å². The normalized spacial score (nSPS) is 12.7. The molecule has 0 unspecified atom stereocenters. The predicted molar refractivity (Wildman–Crippen MR) is 136 cm³/mol. The zero-order chi connectivity index (χ0) is 37.2. The molecule has 0 saturated carbocycles. The monoisotopic (exact) mass is 736 g/mol. The maximum atomic E-state index is 15.9. The summed E-state index contributed by atoms with van der Waals surface area (Å²) >= 11 is 0. The Kier molecular flexibility index (Phi) is 8.82. The van der Waals surface area contributed by atoms with Crippen LogP contribution < -0.4 is 11.2 Å². The quantitative estimate of drug-likeness (QED) is 0.127. The lowest BCUT2D eigenvalue weighted by atomic mass is 10.1. The molecule has 5 aromatic rings. The number of aromatic nitrogens is 4. The third-order valence-electron chi connectivity index (χ3n) is 7.06. The lowest BCUT2D eigenvalue weighted by Gasteiger charge is -2.25. The van der Waals surface area contributed by atoms with Crippen LogP contribution >= 0.6 is 0 Å². The molecule has 2 aromatic heterocycles. The first-order valence-corrected chi connectivity index (χ1v) is 13.1. The Morgan fingerprint density at radius 1 is 0.580 bits per heavy atom. The molecule has 0 fully saturated rings. The van der Waals surface area contributed by atoms with Crippen molar-refractivity contribution in [3.63, 3.8) is 0 Å². The number of rotatable bonds is 9. The molecule has 0 bridgehead atoms. The SMILES string of the molecule is O=c1c2c(ncn2CCOC(F)(F)c2ccc(F)c(F)c2F)n(C(F)(F)c2ccc(F)c(F)c2F)c(=O)n1C(F)(F)c1ccc(F)c(F)c1F. The van der Waals surface area contributed by atoms with E-state index in [0.29, 0.717) is 0 Å². The summed E-state index contributed by atoms with van der Waals surface area (Å²) in [7, 11) is 0. The molecule has 0 radical (unpaired) electrons. The van der Waals surface area contributed by atoms with Crippen molar-refractivity contribution in [1.82, 2.24) is 18.7 Å². The molecule has 0 spiro atoms. The number of hydrogen-bond acceptors (Lipinski definition) is 4. The van der Waals surface area contributed by atoms with Crippen molar-refractivity contribution in [3.05, 3.63) is 133 Å². The van der Waals surface area contributed by atoms with Gasteiger partial charge < -0.3 is 9.30 Å². The highest BCUT2D eigenvalue weighted by atomic mass is 19.3. The first kappa shape index (κ1) is 36.0. The largest absolute Gasteiger partial charge is 0.386 e.